The third-order valence-corrected chi connectivity index (χ3v) is 4.05. The van der Waals surface area contributed by atoms with Gasteiger partial charge in [-0.05, 0) is 38.3 Å². The molecule has 0 saturated carbocycles. The topological polar surface area (TPSA) is 63.0 Å². The molecule has 2 N–H and O–H groups in total. The molecule has 0 bridgehead atoms. The average Bonchev–Trinajstić information content (AvgIpc) is 2.82. The van der Waals surface area contributed by atoms with Gasteiger partial charge in [0, 0.05) is 25.5 Å². The molecule has 3 heterocycles. The third-order valence-electron chi connectivity index (χ3n) is 4.05. The summed E-state index contributed by atoms with van der Waals surface area (Å²) in [5.41, 5.74) is 0. The Bertz CT molecular complexity index is 384. The molecule has 0 aromatic carbocycles. The Balaban J connectivity index is 1.80. The second-order valence-corrected chi connectivity index (χ2v) is 5.19. The summed E-state index contributed by atoms with van der Waals surface area (Å²) in [6, 6.07) is 0. The normalized spacial score (nSPS) is 25.8. The molecule has 2 aliphatic rings. The molecule has 5 nitrogen and oxygen atoms in total. The first-order chi connectivity index (χ1) is 8.38. The Hall–Kier alpha value is -0.940. The number of aromatic nitrogens is 3. The minimum atomic E-state index is 0.273. The largest absolute Gasteiger partial charge is 0.396 e. The van der Waals surface area contributed by atoms with Gasteiger partial charge in [-0.25, -0.2) is 0 Å². The van der Waals surface area contributed by atoms with E-state index in [4.69, 9.17) is 0 Å². The van der Waals surface area contributed by atoms with Crippen LogP contribution in [0.1, 0.15) is 36.8 Å². The maximum absolute atomic E-state index is 9.21. The molecule has 1 aromatic rings. The molecule has 17 heavy (non-hydrogen) atoms. The Kier molecular flexibility index (Phi) is 3.11. The molecular formula is C12H20N4O. The summed E-state index contributed by atoms with van der Waals surface area (Å²) in [5.74, 6) is 3.21. The summed E-state index contributed by atoms with van der Waals surface area (Å²) in [6.45, 7) is 3.43. The summed E-state index contributed by atoms with van der Waals surface area (Å²) >= 11 is 0. The van der Waals surface area contributed by atoms with Crippen LogP contribution in [-0.4, -0.2) is 39.6 Å². The van der Waals surface area contributed by atoms with Gasteiger partial charge in [-0.3, -0.25) is 0 Å². The van der Waals surface area contributed by atoms with Crippen LogP contribution in [0.4, 0.5) is 0 Å². The van der Waals surface area contributed by atoms with Crippen molar-refractivity contribution in [3.63, 3.8) is 0 Å². The van der Waals surface area contributed by atoms with Crippen LogP contribution in [-0.2, 0) is 13.0 Å². The minimum Gasteiger partial charge on any atom is -0.396 e. The first-order valence-corrected chi connectivity index (χ1v) is 6.62. The highest BCUT2D eigenvalue weighted by atomic mass is 16.3. The van der Waals surface area contributed by atoms with Crippen LogP contribution in [0, 0.1) is 5.92 Å². The van der Waals surface area contributed by atoms with E-state index in [0.29, 0.717) is 11.8 Å². The second kappa shape index (κ2) is 4.74. The van der Waals surface area contributed by atoms with Gasteiger partial charge in [0.05, 0.1) is 0 Å². The van der Waals surface area contributed by atoms with Crippen LogP contribution >= 0.6 is 0 Å². The van der Waals surface area contributed by atoms with Crippen molar-refractivity contribution in [3.8, 4) is 0 Å². The van der Waals surface area contributed by atoms with Crippen LogP contribution < -0.4 is 5.32 Å². The fourth-order valence-corrected chi connectivity index (χ4v) is 2.95. The highest BCUT2D eigenvalue weighted by Gasteiger charge is 2.27. The van der Waals surface area contributed by atoms with E-state index in [-0.39, 0.29) is 6.61 Å². The first-order valence-electron chi connectivity index (χ1n) is 6.62. The van der Waals surface area contributed by atoms with Gasteiger partial charge < -0.3 is 15.0 Å². The second-order valence-electron chi connectivity index (χ2n) is 5.19. The van der Waals surface area contributed by atoms with Gasteiger partial charge in [-0.2, -0.15) is 0 Å². The number of aliphatic hydroxyl groups is 1. The molecule has 1 fully saturated rings. The Morgan fingerprint density at radius 2 is 2.06 bits per heavy atom. The molecule has 2 aliphatic heterocycles. The lowest BCUT2D eigenvalue weighted by molar-refractivity contribution is 0.198. The lowest BCUT2D eigenvalue weighted by Crippen LogP contribution is -2.29. The maximum atomic E-state index is 9.21. The SMILES string of the molecule is OCC1CCn2c(nnc2C2CCNCC2)C1. The van der Waals surface area contributed by atoms with E-state index in [2.05, 4.69) is 20.1 Å². The van der Waals surface area contributed by atoms with Gasteiger partial charge >= 0.3 is 0 Å². The van der Waals surface area contributed by atoms with Crippen LogP contribution in [0.2, 0.25) is 0 Å². The molecule has 0 aliphatic carbocycles. The Labute approximate surface area is 101 Å². The van der Waals surface area contributed by atoms with Crippen molar-refractivity contribution in [1.82, 2.24) is 20.1 Å². The van der Waals surface area contributed by atoms with E-state index >= 15 is 0 Å². The summed E-state index contributed by atoms with van der Waals surface area (Å²) in [5, 5.41) is 21.3. The quantitative estimate of drug-likeness (QED) is 0.775. The molecule has 3 rings (SSSR count). The summed E-state index contributed by atoms with van der Waals surface area (Å²) in [7, 11) is 0. The number of rotatable bonds is 2. The van der Waals surface area contributed by atoms with Gasteiger partial charge in [0.25, 0.3) is 0 Å². The van der Waals surface area contributed by atoms with Crippen LogP contribution in [0.15, 0.2) is 0 Å². The van der Waals surface area contributed by atoms with Gasteiger partial charge in [0.1, 0.15) is 11.6 Å². The van der Waals surface area contributed by atoms with Crippen LogP contribution in [0.25, 0.3) is 0 Å². The highest BCUT2D eigenvalue weighted by molar-refractivity contribution is 5.06. The zero-order valence-corrected chi connectivity index (χ0v) is 10.1. The van der Waals surface area contributed by atoms with Crippen molar-refractivity contribution in [1.29, 1.82) is 0 Å². The molecule has 1 unspecified atom stereocenters. The smallest absolute Gasteiger partial charge is 0.136 e. The fourth-order valence-electron chi connectivity index (χ4n) is 2.95. The zero-order chi connectivity index (χ0) is 11.7. The number of hydrogen-bond acceptors (Lipinski definition) is 4. The summed E-state index contributed by atoms with van der Waals surface area (Å²) in [4.78, 5) is 0. The van der Waals surface area contributed by atoms with E-state index < -0.39 is 0 Å². The summed E-state index contributed by atoms with van der Waals surface area (Å²) in [6.07, 6.45) is 4.27. The standard InChI is InChI=1S/C12H20N4O/c17-8-9-3-6-16-11(7-9)14-15-12(16)10-1-4-13-5-2-10/h9-10,13,17H,1-8H2. The van der Waals surface area contributed by atoms with Crippen molar-refractivity contribution in [2.75, 3.05) is 19.7 Å². The van der Waals surface area contributed by atoms with Gasteiger partial charge in [0.15, 0.2) is 0 Å². The lowest BCUT2D eigenvalue weighted by atomic mass is 9.95. The first kappa shape index (κ1) is 11.2. The number of fused-ring (bicyclic) bond motifs is 1. The van der Waals surface area contributed by atoms with Gasteiger partial charge in [-0.15, -0.1) is 10.2 Å². The average molecular weight is 236 g/mol. The fraction of sp³-hybridized carbons (Fsp3) is 0.833. The van der Waals surface area contributed by atoms with Crippen molar-refractivity contribution in [2.24, 2.45) is 5.92 Å². The molecule has 94 valence electrons. The minimum absolute atomic E-state index is 0.273. The predicted molar refractivity (Wildman–Crippen MR) is 63.8 cm³/mol. The van der Waals surface area contributed by atoms with Crippen molar-refractivity contribution in [2.45, 2.75) is 38.1 Å². The molecule has 0 radical (unpaired) electrons. The Morgan fingerprint density at radius 3 is 2.82 bits per heavy atom. The van der Waals surface area contributed by atoms with Crippen molar-refractivity contribution >= 4 is 0 Å². The van der Waals surface area contributed by atoms with E-state index in [0.717, 1.165) is 38.3 Å². The van der Waals surface area contributed by atoms with E-state index in [1.165, 1.54) is 18.7 Å². The van der Waals surface area contributed by atoms with Crippen LogP contribution in [0.3, 0.4) is 0 Å². The van der Waals surface area contributed by atoms with E-state index in [1.54, 1.807) is 0 Å². The number of nitrogens with zero attached hydrogens (tertiary/aromatic N) is 3. The molecule has 1 aromatic heterocycles. The third kappa shape index (κ3) is 2.09. The highest BCUT2D eigenvalue weighted by Crippen LogP contribution is 2.28. The molecule has 1 atom stereocenters. The van der Waals surface area contributed by atoms with Gasteiger partial charge in [-0.1, -0.05) is 0 Å². The molecule has 0 spiro atoms. The van der Waals surface area contributed by atoms with Crippen LogP contribution in [0.5, 0.6) is 0 Å². The van der Waals surface area contributed by atoms with E-state index in [9.17, 15) is 5.11 Å². The maximum Gasteiger partial charge on any atom is 0.136 e. The molecule has 1 saturated heterocycles. The zero-order valence-electron chi connectivity index (χ0n) is 10.1. The lowest BCUT2D eigenvalue weighted by Gasteiger charge is -2.26. The van der Waals surface area contributed by atoms with E-state index in [1.807, 2.05) is 0 Å². The summed E-state index contributed by atoms with van der Waals surface area (Å²) < 4.78 is 2.29. The predicted octanol–water partition coefficient (Wildman–Crippen LogP) is 0.300. The number of aliphatic hydroxyl groups excluding tert-OH is 1. The molecule has 0 amide bonds. The Morgan fingerprint density at radius 1 is 1.24 bits per heavy atom. The van der Waals surface area contributed by atoms with Crippen molar-refractivity contribution in [3.05, 3.63) is 11.6 Å². The number of piperidine rings is 1. The molecule has 5 heteroatoms. The van der Waals surface area contributed by atoms with Crippen molar-refractivity contribution < 1.29 is 5.11 Å². The molecular weight excluding hydrogens is 216 g/mol. The monoisotopic (exact) mass is 236 g/mol. The van der Waals surface area contributed by atoms with Gasteiger partial charge in [0.2, 0.25) is 0 Å². The number of hydrogen-bond donors (Lipinski definition) is 2. The number of nitrogens with one attached hydrogen (secondary N) is 1.